The standard InChI is InChI=1S/C46H85NO3/c1-3-5-7-8-9-10-11-12-13-14-15-16-17-18-19-20-21-22-23-24-25-26-27-28-29-30-31-32-33-34-35-36-37-38-40-42-46(50)47-44(43-48)45(49)41-39-6-4-2/h5,7,9-10,12-13,15-16,44-45,48-49H,3-4,6,8,11,14,17-43H2,1-2H3,(H,47,50)/b7-5-,10-9-,13-12-,16-15-. The maximum absolute atomic E-state index is 12.2. The van der Waals surface area contributed by atoms with E-state index >= 15 is 0 Å². The SMILES string of the molecule is CC/C=C\C/C=C\C/C=C\C/C=C\CCCCCCCCCCCCCCCCCCCCCCCCC(=O)NC(CO)C(O)CCCCC. The molecular formula is C46H85NO3. The third-order valence-electron chi connectivity index (χ3n) is 9.85. The van der Waals surface area contributed by atoms with E-state index in [1.54, 1.807) is 0 Å². The van der Waals surface area contributed by atoms with Gasteiger partial charge in [-0.25, -0.2) is 0 Å². The number of hydrogen-bond donors (Lipinski definition) is 3. The number of amides is 1. The molecule has 3 N–H and O–H groups in total. The van der Waals surface area contributed by atoms with Crippen molar-refractivity contribution in [2.24, 2.45) is 0 Å². The Labute approximate surface area is 312 Å². The van der Waals surface area contributed by atoms with Crippen LogP contribution >= 0.6 is 0 Å². The van der Waals surface area contributed by atoms with E-state index in [-0.39, 0.29) is 12.5 Å². The van der Waals surface area contributed by atoms with Gasteiger partial charge in [0, 0.05) is 6.42 Å². The highest BCUT2D eigenvalue weighted by atomic mass is 16.3. The molecular weight excluding hydrogens is 615 g/mol. The monoisotopic (exact) mass is 700 g/mol. The van der Waals surface area contributed by atoms with E-state index in [2.05, 4.69) is 67.8 Å². The summed E-state index contributed by atoms with van der Waals surface area (Å²) in [5.41, 5.74) is 0. The van der Waals surface area contributed by atoms with E-state index in [9.17, 15) is 15.0 Å². The molecule has 0 bridgehead atoms. The highest BCUT2D eigenvalue weighted by Gasteiger charge is 2.19. The number of nitrogens with one attached hydrogen (secondary N) is 1. The molecule has 0 aromatic heterocycles. The lowest BCUT2D eigenvalue weighted by molar-refractivity contribution is -0.123. The molecule has 4 heteroatoms. The molecule has 1 amide bonds. The van der Waals surface area contributed by atoms with Gasteiger partial charge in [-0.3, -0.25) is 4.79 Å². The van der Waals surface area contributed by atoms with Crippen molar-refractivity contribution in [2.75, 3.05) is 6.61 Å². The zero-order valence-electron chi connectivity index (χ0n) is 33.4. The van der Waals surface area contributed by atoms with Crippen LogP contribution in [-0.2, 0) is 4.79 Å². The number of aliphatic hydroxyl groups is 2. The number of hydrogen-bond acceptors (Lipinski definition) is 3. The Bertz CT molecular complexity index is 801. The van der Waals surface area contributed by atoms with Crippen molar-refractivity contribution in [1.82, 2.24) is 5.32 Å². The van der Waals surface area contributed by atoms with Gasteiger partial charge in [0.25, 0.3) is 0 Å². The Balaban J connectivity index is 3.31. The van der Waals surface area contributed by atoms with Crippen molar-refractivity contribution in [3.63, 3.8) is 0 Å². The first kappa shape index (κ1) is 48.3. The van der Waals surface area contributed by atoms with Crippen LogP contribution in [0.2, 0.25) is 0 Å². The molecule has 0 rings (SSSR count). The number of allylic oxidation sites excluding steroid dienone is 8. The number of carbonyl (C=O) groups excluding carboxylic acids is 1. The smallest absolute Gasteiger partial charge is 0.220 e. The Morgan fingerprint density at radius 1 is 0.500 bits per heavy atom. The summed E-state index contributed by atoms with van der Waals surface area (Å²) in [5, 5.41) is 22.6. The lowest BCUT2D eigenvalue weighted by Crippen LogP contribution is -2.45. The van der Waals surface area contributed by atoms with Crippen LogP contribution in [0.15, 0.2) is 48.6 Å². The zero-order valence-corrected chi connectivity index (χ0v) is 33.4. The first-order valence-corrected chi connectivity index (χ1v) is 21.8. The molecule has 0 aliphatic carbocycles. The fourth-order valence-electron chi connectivity index (χ4n) is 6.53. The highest BCUT2D eigenvalue weighted by Crippen LogP contribution is 2.16. The summed E-state index contributed by atoms with van der Waals surface area (Å²) >= 11 is 0. The van der Waals surface area contributed by atoms with Crippen LogP contribution in [0.3, 0.4) is 0 Å². The topological polar surface area (TPSA) is 69.6 Å². The Morgan fingerprint density at radius 3 is 1.28 bits per heavy atom. The predicted octanol–water partition coefficient (Wildman–Crippen LogP) is 13.6. The van der Waals surface area contributed by atoms with E-state index in [0.717, 1.165) is 57.8 Å². The van der Waals surface area contributed by atoms with Gasteiger partial charge < -0.3 is 15.5 Å². The normalized spacial score (nSPS) is 13.4. The number of unbranched alkanes of at least 4 members (excludes halogenated alkanes) is 24. The van der Waals surface area contributed by atoms with Gasteiger partial charge in [-0.15, -0.1) is 0 Å². The molecule has 0 radical (unpaired) electrons. The van der Waals surface area contributed by atoms with E-state index in [1.165, 1.54) is 135 Å². The molecule has 2 unspecified atom stereocenters. The van der Waals surface area contributed by atoms with Crippen LogP contribution in [0.1, 0.15) is 219 Å². The molecule has 0 spiro atoms. The first-order chi connectivity index (χ1) is 24.7. The van der Waals surface area contributed by atoms with E-state index in [0.29, 0.717) is 12.8 Å². The summed E-state index contributed by atoms with van der Waals surface area (Å²) in [7, 11) is 0. The van der Waals surface area contributed by atoms with Crippen molar-refractivity contribution in [3.8, 4) is 0 Å². The maximum atomic E-state index is 12.2. The third kappa shape index (κ3) is 37.6. The first-order valence-electron chi connectivity index (χ1n) is 21.8. The van der Waals surface area contributed by atoms with Crippen molar-refractivity contribution < 1.29 is 15.0 Å². The Kier molecular flexibility index (Phi) is 40.4. The highest BCUT2D eigenvalue weighted by molar-refractivity contribution is 5.76. The van der Waals surface area contributed by atoms with Crippen LogP contribution in [0.25, 0.3) is 0 Å². The molecule has 0 fully saturated rings. The fraction of sp³-hybridized carbons (Fsp3) is 0.804. The van der Waals surface area contributed by atoms with Crippen LogP contribution in [-0.4, -0.2) is 34.9 Å². The molecule has 0 saturated carbocycles. The van der Waals surface area contributed by atoms with Crippen LogP contribution in [0.5, 0.6) is 0 Å². The van der Waals surface area contributed by atoms with Crippen molar-refractivity contribution >= 4 is 5.91 Å². The van der Waals surface area contributed by atoms with Gasteiger partial charge >= 0.3 is 0 Å². The third-order valence-corrected chi connectivity index (χ3v) is 9.85. The van der Waals surface area contributed by atoms with E-state index < -0.39 is 12.1 Å². The summed E-state index contributed by atoms with van der Waals surface area (Å²) in [6, 6.07) is -0.529. The van der Waals surface area contributed by atoms with Gasteiger partial charge in [0.15, 0.2) is 0 Å². The minimum Gasteiger partial charge on any atom is -0.394 e. The van der Waals surface area contributed by atoms with Crippen LogP contribution in [0, 0.1) is 0 Å². The molecule has 4 nitrogen and oxygen atoms in total. The maximum Gasteiger partial charge on any atom is 0.220 e. The summed E-state index contributed by atoms with van der Waals surface area (Å²) in [6.45, 7) is 4.10. The number of carbonyl (C=O) groups is 1. The van der Waals surface area contributed by atoms with Crippen molar-refractivity contribution in [2.45, 2.75) is 231 Å². The van der Waals surface area contributed by atoms with Crippen molar-refractivity contribution in [3.05, 3.63) is 48.6 Å². The van der Waals surface area contributed by atoms with Crippen molar-refractivity contribution in [1.29, 1.82) is 0 Å². The van der Waals surface area contributed by atoms with Crippen LogP contribution in [0.4, 0.5) is 0 Å². The van der Waals surface area contributed by atoms with Gasteiger partial charge in [0.05, 0.1) is 18.8 Å². The Hall–Kier alpha value is -1.65. The fourth-order valence-corrected chi connectivity index (χ4v) is 6.53. The minimum absolute atomic E-state index is 0.0417. The molecule has 0 heterocycles. The lowest BCUT2D eigenvalue weighted by atomic mass is 10.0. The number of aliphatic hydroxyl groups excluding tert-OH is 2. The van der Waals surface area contributed by atoms with Gasteiger partial charge in [0.2, 0.25) is 5.91 Å². The molecule has 50 heavy (non-hydrogen) atoms. The minimum atomic E-state index is -0.653. The molecule has 0 aromatic rings. The second-order valence-electron chi connectivity index (χ2n) is 14.7. The molecule has 292 valence electrons. The number of rotatable bonds is 39. The van der Waals surface area contributed by atoms with Gasteiger partial charge in [-0.1, -0.05) is 210 Å². The lowest BCUT2D eigenvalue weighted by Gasteiger charge is -2.22. The van der Waals surface area contributed by atoms with E-state index in [1.807, 2.05) is 0 Å². The molecule has 0 saturated heterocycles. The summed E-state index contributed by atoms with van der Waals surface area (Å²) in [4.78, 5) is 12.2. The molecule has 0 aliphatic rings. The second kappa shape index (κ2) is 41.8. The second-order valence-corrected chi connectivity index (χ2v) is 14.7. The van der Waals surface area contributed by atoms with Gasteiger partial charge in [-0.2, -0.15) is 0 Å². The van der Waals surface area contributed by atoms with Gasteiger partial charge in [-0.05, 0) is 51.4 Å². The molecule has 0 aliphatic heterocycles. The Morgan fingerprint density at radius 2 is 0.880 bits per heavy atom. The summed E-state index contributed by atoms with van der Waals surface area (Å²) in [5.74, 6) is -0.0417. The quantitative estimate of drug-likeness (QED) is 0.0442. The van der Waals surface area contributed by atoms with Crippen LogP contribution < -0.4 is 5.32 Å². The largest absolute Gasteiger partial charge is 0.394 e. The average molecular weight is 700 g/mol. The van der Waals surface area contributed by atoms with E-state index in [4.69, 9.17) is 0 Å². The average Bonchev–Trinajstić information content (AvgIpc) is 3.12. The molecule has 0 aromatic carbocycles. The summed E-state index contributed by atoms with van der Waals surface area (Å²) in [6.07, 6.45) is 57.1. The zero-order chi connectivity index (χ0) is 36.4. The predicted molar refractivity (Wildman–Crippen MR) is 221 cm³/mol. The summed E-state index contributed by atoms with van der Waals surface area (Å²) < 4.78 is 0. The van der Waals surface area contributed by atoms with Gasteiger partial charge in [0.1, 0.15) is 0 Å². The molecule has 2 atom stereocenters.